The number of rotatable bonds is 2. The fraction of sp³-hybridized carbons (Fsp3) is 0.889. The second kappa shape index (κ2) is 4.75. The molecule has 0 aliphatic carbocycles. The van der Waals surface area contributed by atoms with Gasteiger partial charge in [0.1, 0.15) is 6.04 Å². The highest BCUT2D eigenvalue weighted by atomic mass is 32.2. The minimum absolute atomic E-state index is 0.136. The number of aliphatic hydroxyl groups is 1. The molecule has 2 aliphatic heterocycles. The van der Waals surface area contributed by atoms with Crippen LogP contribution in [0.25, 0.3) is 0 Å². The predicted octanol–water partition coefficient (Wildman–Crippen LogP) is -1.35. The number of nitrogens with zero attached hydrogens (tertiary/aromatic N) is 1. The van der Waals surface area contributed by atoms with Crippen LogP contribution in [0.15, 0.2) is 0 Å². The van der Waals surface area contributed by atoms with Crippen molar-refractivity contribution in [1.82, 2.24) is 4.90 Å². The molecule has 0 spiro atoms. The van der Waals surface area contributed by atoms with Gasteiger partial charge in [0, 0.05) is 18.1 Å². The first-order chi connectivity index (χ1) is 7.91. The first-order valence-corrected chi connectivity index (χ1v) is 8.33. The highest BCUT2D eigenvalue weighted by molar-refractivity contribution is 7.99. The fourth-order valence-corrected chi connectivity index (χ4v) is 5.23. The molecule has 0 aromatic rings. The van der Waals surface area contributed by atoms with Crippen molar-refractivity contribution < 1.29 is 23.4 Å². The van der Waals surface area contributed by atoms with Crippen molar-refractivity contribution >= 4 is 27.6 Å². The van der Waals surface area contributed by atoms with E-state index in [1.54, 1.807) is 16.7 Å². The molecule has 0 bridgehead atoms. The van der Waals surface area contributed by atoms with E-state index in [9.17, 15) is 18.3 Å². The van der Waals surface area contributed by atoms with Crippen molar-refractivity contribution in [1.29, 1.82) is 0 Å². The molecule has 2 heterocycles. The molecular weight excluding hydrogens is 266 g/mol. The number of hydrogen-bond acceptors (Lipinski definition) is 6. The van der Waals surface area contributed by atoms with Crippen LogP contribution in [-0.4, -0.2) is 77.2 Å². The number of carboxylic acids is 1. The molecule has 2 aliphatic rings. The van der Waals surface area contributed by atoms with Crippen LogP contribution in [0.2, 0.25) is 0 Å². The van der Waals surface area contributed by atoms with Crippen LogP contribution in [0.4, 0.5) is 0 Å². The van der Waals surface area contributed by atoms with Crippen LogP contribution < -0.4 is 0 Å². The molecule has 0 aromatic heterocycles. The van der Waals surface area contributed by atoms with E-state index < -0.39 is 34.0 Å². The summed E-state index contributed by atoms with van der Waals surface area (Å²) in [4.78, 5) is 12.7. The number of carboxylic acid groups (broad SMARTS) is 1. The lowest BCUT2D eigenvalue weighted by Crippen LogP contribution is -2.55. The summed E-state index contributed by atoms with van der Waals surface area (Å²) in [7, 11) is -3.23. The van der Waals surface area contributed by atoms with E-state index >= 15 is 0 Å². The maximum Gasteiger partial charge on any atom is 0.321 e. The van der Waals surface area contributed by atoms with Gasteiger partial charge in [-0.1, -0.05) is 0 Å². The molecule has 2 fully saturated rings. The zero-order valence-corrected chi connectivity index (χ0v) is 10.8. The standard InChI is InChI=1S/C9H15NO5S2/c11-8-5-17(14,15)4-7(8)10-1-2-16-3-6(10)9(12)13/h6-8,11H,1-5H2,(H,12,13). The van der Waals surface area contributed by atoms with Gasteiger partial charge in [0.2, 0.25) is 0 Å². The molecule has 3 atom stereocenters. The summed E-state index contributed by atoms with van der Waals surface area (Å²) in [5, 5.41) is 18.9. The molecule has 2 saturated heterocycles. The van der Waals surface area contributed by atoms with E-state index in [1.807, 2.05) is 0 Å². The van der Waals surface area contributed by atoms with Crippen molar-refractivity contribution in [2.24, 2.45) is 0 Å². The molecule has 0 radical (unpaired) electrons. The Morgan fingerprint density at radius 3 is 2.59 bits per heavy atom. The second-order valence-electron chi connectivity index (χ2n) is 4.38. The summed E-state index contributed by atoms with van der Waals surface area (Å²) in [5.41, 5.74) is 0. The van der Waals surface area contributed by atoms with E-state index in [1.165, 1.54) is 0 Å². The fourth-order valence-electron chi connectivity index (χ4n) is 2.35. The number of thioether (sulfide) groups is 1. The van der Waals surface area contributed by atoms with E-state index in [2.05, 4.69) is 0 Å². The molecule has 0 aromatic carbocycles. The minimum Gasteiger partial charge on any atom is -0.480 e. The molecule has 0 saturated carbocycles. The monoisotopic (exact) mass is 281 g/mol. The highest BCUT2D eigenvalue weighted by Crippen LogP contribution is 2.25. The Labute approximate surface area is 104 Å². The summed E-state index contributed by atoms with van der Waals surface area (Å²) in [6, 6.07) is -1.26. The summed E-state index contributed by atoms with van der Waals surface area (Å²) < 4.78 is 22.9. The van der Waals surface area contributed by atoms with E-state index in [4.69, 9.17) is 5.11 Å². The van der Waals surface area contributed by atoms with Gasteiger partial charge >= 0.3 is 5.97 Å². The molecule has 98 valence electrons. The normalized spacial score (nSPS) is 38.1. The second-order valence-corrected chi connectivity index (χ2v) is 7.68. The smallest absolute Gasteiger partial charge is 0.321 e. The molecular formula is C9H15NO5S2. The number of carbonyl (C=O) groups is 1. The number of aliphatic hydroxyl groups excluding tert-OH is 1. The van der Waals surface area contributed by atoms with Crippen molar-refractivity contribution in [3.05, 3.63) is 0 Å². The van der Waals surface area contributed by atoms with Gasteiger partial charge in [-0.2, -0.15) is 11.8 Å². The SMILES string of the molecule is O=C(O)C1CSCCN1C1CS(=O)(=O)CC1O. The Balaban J connectivity index is 2.17. The molecule has 6 nitrogen and oxygen atoms in total. The third kappa shape index (κ3) is 2.75. The zero-order valence-electron chi connectivity index (χ0n) is 9.15. The lowest BCUT2D eigenvalue weighted by atomic mass is 10.1. The molecule has 17 heavy (non-hydrogen) atoms. The van der Waals surface area contributed by atoms with Crippen LogP contribution in [-0.2, 0) is 14.6 Å². The van der Waals surface area contributed by atoms with Gasteiger partial charge in [-0.05, 0) is 0 Å². The summed E-state index contributed by atoms with van der Waals surface area (Å²) in [6.07, 6.45) is -0.968. The maximum atomic E-state index is 11.4. The van der Waals surface area contributed by atoms with Gasteiger partial charge in [-0.15, -0.1) is 0 Å². The molecule has 8 heteroatoms. The Bertz CT molecular complexity index is 410. The number of hydrogen-bond donors (Lipinski definition) is 2. The number of sulfone groups is 1. The van der Waals surface area contributed by atoms with Gasteiger partial charge < -0.3 is 10.2 Å². The Kier molecular flexibility index (Phi) is 3.67. The van der Waals surface area contributed by atoms with Gasteiger partial charge in [0.05, 0.1) is 23.7 Å². The summed E-state index contributed by atoms with van der Waals surface area (Å²) in [5.74, 6) is -0.129. The zero-order chi connectivity index (χ0) is 12.6. The predicted molar refractivity (Wildman–Crippen MR) is 63.9 cm³/mol. The van der Waals surface area contributed by atoms with Crippen molar-refractivity contribution in [3.63, 3.8) is 0 Å². The van der Waals surface area contributed by atoms with Crippen LogP contribution in [0.5, 0.6) is 0 Å². The van der Waals surface area contributed by atoms with Crippen molar-refractivity contribution in [3.8, 4) is 0 Å². The Hall–Kier alpha value is -0.310. The van der Waals surface area contributed by atoms with E-state index in [0.717, 1.165) is 5.75 Å². The minimum atomic E-state index is -3.23. The molecule has 2 N–H and O–H groups in total. The average Bonchev–Trinajstić information content (AvgIpc) is 2.52. The van der Waals surface area contributed by atoms with Gasteiger partial charge in [-0.25, -0.2) is 8.42 Å². The lowest BCUT2D eigenvalue weighted by Gasteiger charge is -2.37. The summed E-state index contributed by atoms with van der Waals surface area (Å²) >= 11 is 1.54. The summed E-state index contributed by atoms with van der Waals surface area (Å²) in [6.45, 7) is 0.513. The van der Waals surface area contributed by atoms with Gasteiger partial charge in [0.25, 0.3) is 0 Å². The molecule has 3 unspecified atom stereocenters. The highest BCUT2D eigenvalue weighted by Gasteiger charge is 2.44. The topological polar surface area (TPSA) is 94.9 Å². The van der Waals surface area contributed by atoms with Crippen LogP contribution in [0.3, 0.4) is 0 Å². The molecule has 2 rings (SSSR count). The first-order valence-electron chi connectivity index (χ1n) is 5.35. The maximum absolute atomic E-state index is 11.4. The number of aliphatic carboxylic acids is 1. The third-order valence-electron chi connectivity index (χ3n) is 3.17. The van der Waals surface area contributed by atoms with Gasteiger partial charge in [0.15, 0.2) is 9.84 Å². The van der Waals surface area contributed by atoms with Crippen molar-refractivity contribution in [2.75, 3.05) is 29.6 Å². The largest absolute Gasteiger partial charge is 0.480 e. The van der Waals surface area contributed by atoms with Gasteiger partial charge in [-0.3, -0.25) is 9.69 Å². The Morgan fingerprint density at radius 1 is 1.35 bits per heavy atom. The van der Waals surface area contributed by atoms with Crippen LogP contribution >= 0.6 is 11.8 Å². The lowest BCUT2D eigenvalue weighted by molar-refractivity contribution is -0.143. The van der Waals surface area contributed by atoms with E-state index in [-0.39, 0.29) is 11.5 Å². The first kappa shape index (κ1) is 13.1. The Morgan fingerprint density at radius 2 is 2.06 bits per heavy atom. The third-order valence-corrected chi connectivity index (χ3v) is 5.90. The van der Waals surface area contributed by atoms with E-state index in [0.29, 0.717) is 12.3 Å². The van der Waals surface area contributed by atoms with Crippen LogP contribution in [0.1, 0.15) is 0 Å². The quantitative estimate of drug-likeness (QED) is 0.646. The average molecular weight is 281 g/mol. The van der Waals surface area contributed by atoms with Crippen LogP contribution in [0, 0.1) is 0 Å². The van der Waals surface area contributed by atoms with Crippen molar-refractivity contribution in [2.45, 2.75) is 18.2 Å². The molecule has 0 amide bonds.